The van der Waals surface area contributed by atoms with E-state index >= 15 is 0 Å². The van der Waals surface area contributed by atoms with Crippen LogP contribution in [-0.4, -0.2) is 10.2 Å². The first kappa shape index (κ1) is 7.30. The summed E-state index contributed by atoms with van der Waals surface area (Å²) in [6.45, 7) is 0. The maximum Gasteiger partial charge on any atom is 0.0750 e. The Bertz CT molecular complexity index is 339. The largest absolute Gasteiger partial charge is 0.277 e. The van der Waals surface area contributed by atoms with Gasteiger partial charge in [-0.05, 0) is 40.8 Å². The fraction of sp³-hybridized carbons (Fsp3) is 0. The highest BCUT2D eigenvalue weighted by Crippen LogP contribution is 2.26. The van der Waals surface area contributed by atoms with Crippen LogP contribution in [0.1, 0.15) is 0 Å². The van der Waals surface area contributed by atoms with E-state index in [9.17, 15) is 0 Å². The quantitative estimate of drug-likeness (QED) is 0.797. The first-order chi connectivity index (χ1) is 5.36. The molecule has 2 heterocycles. The minimum absolute atomic E-state index is 1.10. The van der Waals surface area contributed by atoms with Gasteiger partial charge in [0, 0.05) is 6.20 Å². The molecule has 0 fully saturated rings. The third-order valence-electron chi connectivity index (χ3n) is 1.34. The molecule has 2 rings (SSSR count). The Morgan fingerprint density at radius 3 is 2.82 bits per heavy atom. The Morgan fingerprint density at radius 2 is 2.27 bits per heavy atom. The summed E-state index contributed by atoms with van der Waals surface area (Å²) in [4.78, 5) is 1.24. The molecule has 0 saturated carbocycles. The lowest BCUT2D eigenvalue weighted by atomic mass is 10.4. The molecule has 0 bridgehead atoms. The van der Waals surface area contributed by atoms with Gasteiger partial charge in [-0.1, -0.05) is 0 Å². The number of halogens is 1. The van der Waals surface area contributed by atoms with Crippen LogP contribution in [0.5, 0.6) is 0 Å². The zero-order valence-corrected chi connectivity index (χ0v) is 8.52. The standard InChI is InChI=1S/C7H5IN2S/c8-7-2-1-6(11-7)5-3-4-9-10-5/h1-4H,(H,9,10). The SMILES string of the molecule is Ic1ccc(-c2ccn[nH]2)s1. The van der Waals surface area contributed by atoms with E-state index in [0.29, 0.717) is 0 Å². The van der Waals surface area contributed by atoms with E-state index < -0.39 is 0 Å². The molecule has 1 N–H and O–H groups in total. The van der Waals surface area contributed by atoms with Crippen molar-refractivity contribution in [1.29, 1.82) is 0 Å². The zero-order chi connectivity index (χ0) is 7.68. The Hall–Kier alpha value is -0.360. The van der Waals surface area contributed by atoms with Crippen molar-refractivity contribution in [2.45, 2.75) is 0 Å². The van der Waals surface area contributed by atoms with E-state index in [4.69, 9.17) is 0 Å². The predicted octanol–water partition coefficient (Wildman–Crippen LogP) is 2.74. The summed E-state index contributed by atoms with van der Waals surface area (Å²) in [7, 11) is 0. The first-order valence-electron chi connectivity index (χ1n) is 3.11. The molecule has 0 unspecified atom stereocenters. The maximum absolute atomic E-state index is 3.89. The highest BCUT2D eigenvalue weighted by Gasteiger charge is 2.00. The topological polar surface area (TPSA) is 28.7 Å². The third kappa shape index (κ3) is 1.46. The minimum atomic E-state index is 1.10. The fourth-order valence-corrected chi connectivity index (χ4v) is 2.45. The highest BCUT2D eigenvalue weighted by atomic mass is 127. The van der Waals surface area contributed by atoms with E-state index in [-0.39, 0.29) is 0 Å². The number of nitrogens with one attached hydrogen (secondary N) is 1. The summed E-state index contributed by atoms with van der Waals surface area (Å²) in [6.07, 6.45) is 1.77. The molecule has 0 aliphatic carbocycles. The van der Waals surface area contributed by atoms with E-state index in [1.165, 1.54) is 7.76 Å². The zero-order valence-electron chi connectivity index (χ0n) is 5.54. The van der Waals surface area contributed by atoms with Crippen molar-refractivity contribution in [3.05, 3.63) is 27.3 Å². The molecule has 0 atom stereocenters. The van der Waals surface area contributed by atoms with Crippen LogP contribution in [0, 0.1) is 2.88 Å². The lowest BCUT2D eigenvalue weighted by molar-refractivity contribution is 1.10. The summed E-state index contributed by atoms with van der Waals surface area (Å²) < 4.78 is 1.30. The van der Waals surface area contributed by atoms with Gasteiger partial charge in [0.15, 0.2) is 0 Å². The van der Waals surface area contributed by atoms with Gasteiger partial charge in [0.1, 0.15) is 0 Å². The molecule has 11 heavy (non-hydrogen) atoms. The molecule has 0 aliphatic heterocycles. The molecular weight excluding hydrogens is 271 g/mol. The van der Waals surface area contributed by atoms with Crippen molar-refractivity contribution in [3.8, 4) is 10.6 Å². The van der Waals surface area contributed by atoms with Crippen LogP contribution < -0.4 is 0 Å². The van der Waals surface area contributed by atoms with Gasteiger partial charge in [-0.15, -0.1) is 11.3 Å². The average Bonchev–Trinajstić information content (AvgIpc) is 2.55. The Labute approximate surface area is 81.8 Å². The van der Waals surface area contributed by atoms with Gasteiger partial charge in [-0.3, -0.25) is 5.10 Å². The Morgan fingerprint density at radius 1 is 1.36 bits per heavy atom. The van der Waals surface area contributed by atoms with Crippen LogP contribution in [-0.2, 0) is 0 Å². The predicted molar refractivity (Wildman–Crippen MR) is 54.6 cm³/mol. The van der Waals surface area contributed by atoms with Crippen LogP contribution in [0.4, 0.5) is 0 Å². The summed E-state index contributed by atoms with van der Waals surface area (Å²) in [6, 6.07) is 6.17. The van der Waals surface area contributed by atoms with Gasteiger partial charge < -0.3 is 0 Å². The van der Waals surface area contributed by atoms with Crippen LogP contribution in [0.2, 0.25) is 0 Å². The maximum atomic E-state index is 3.89. The molecule has 2 aromatic heterocycles. The Balaban J connectivity index is 2.45. The summed E-state index contributed by atoms with van der Waals surface area (Å²) in [5.74, 6) is 0. The van der Waals surface area contributed by atoms with Crippen molar-refractivity contribution < 1.29 is 0 Å². The van der Waals surface area contributed by atoms with Gasteiger partial charge in [-0.2, -0.15) is 5.10 Å². The molecular formula is C7H5IN2S. The normalized spacial score (nSPS) is 10.3. The van der Waals surface area contributed by atoms with E-state index in [1.54, 1.807) is 17.5 Å². The molecule has 0 radical (unpaired) electrons. The van der Waals surface area contributed by atoms with Crippen LogP contribution >= 0.6 is 33.9 Å². The van der Waals surface area contributed by atoms with E-state index in [2.05, 4.69) is 44.9 Å². The molecule has 0 saturated heterocycles. The second-order valence-electron chi connectivity index (χ2n) is 2.07. The van der Waals surface area contributed by atoms with Crippen molar-refractivity contribution in [1.82, 2.24) is 10.2 Å². The molecule has 2 nitrogen and oxygen atoms in total. The molecule has 0 amide bonds. The number of aromatic amines is 1. The molecule has 56 valence electrons. The van der Waals surface area contributed by atoms with Gasteiger partial charge in [0.25, 0.3) is 0 Å². The smallest absolute Gasteiger partial charge is 0.0750 e. The number of rotatable bonds is 1. The lowest BCUT2D eigenvalue weighted by Crippen LogP contribution is -1.69. The van der Waals surface area contributed by atoms with Gasteiger partial charge in [0.05, 0.1) is 13.5 Å². The average molecular weight is 276 g/mol. The molecule has 0 aliphatic rings. The second kappa shape index (κ2) is 2.94. The van der Waals surface area contributed by atoms with Gasteiger partial charge in [0.2, 0.25) is 0 Å². The van der Waals surface area contributed by atoms with E-state index in [0.717, 1.165) is 5.69 Å². The van der Waals surface area contributed by atoms with Crippen molar-refractivity contribution in [2.75, 3.05) is 0 Å². The minimum Gasteiger partial charge on any atom is -0.277 e. The molecule has 0 spiro atoms. The highest BCUT2D eigenvalue weighted by molar-refractivity contribution is 14.1. The number of hydrogen-bond donors (Lipinski definition) is 1. The van der Waals surface area contributed by atoms with Crippen molar-refractivity contribution >= 4 is 33.9 Å². The lowest BCUT2D eigenvalue weighted by Gasteiger charge is -1.86. The summed E-state index contributed by atoms with van der Waals surface area (Å²) in [5, 5.41) is 6.81. The molecule has 2 aromatic rings. The molecule has 4 heteroatoms. The molecule has 0 aromatic carbocycles. The summed E-state index contributed by atoms with van der Waals surface area (Å²) >= 11 is 4.07. The monoisotopic (exact) mass is 276 g/mol. The number of thiophene rings is 1. The van der Waals surface area contributed by atoms with E-state index in [1.807, 2.05) is 6.07 Å². The van der Waals surface area contributed by atoms with Crippen LogP contribution in [0.25, 0.3) is 10.6 Å². The van der Waals surface area contributed by atoms with Gasteiger partial charge in [-0.25, -0.2) is 0 Å². The fourth-order valence-electron chi connectivity index (χ4n) is 0.852. The summed E-state index contributed by atoms with van der Waals surface area (Å²) in [5.41, 5.74) is 1.10. The first-order valence-corrected chi connectivity index (χ1v) is 5.01. The third-order valence-corrected chi connectivity index (χ3v) is 3.27. The van der Waals surface area contributed by atoms with Crippen molar-refractivity contribution in [2.24, 2.45) is 0 Å². The van der Waals surface area contributed by atoms with Crippen LogP contribution in [0.15, 0.2) is 24.4 Å². The number of H-pyrrole nitrogens is 1. The number of aromatic nitrogens is 2. The number of nitrogens with zero attached hydrogens (tertiary/aromatic N) is 1. The van der Waals surface area contributed by atoms with Crippen molar-refractivity contribution in [3.63, 3.8) is 0 Å². The number of hydrogen-bond acceptors (Lipinski definition) is 2. The second-order valence-corrected chi connectivity index (χ2v) is 5.05. The Kier molecular flexibility index (Phi) is 1.95. The van der Waals surface area contributed by atoms with Gasteiger partial charge >= 0.3 is 0 Å². The van der Waals surface area contributed by atoms with Crippen LogP contribution in [0.3, 0.4) is 0 Å².